The number of carbonyl (C=O) groups is 1. The molecule has 1 fully saturated rings. The van der Waals surface area contributed by atoms with Gasteiger partial charge in [-0.1, -0.05) is 13.3 Å². The van der Waals surface area contributed by atoms with Crippen molar-refractivity contribution in [2.24, 2.45) is 5.92 Å². The maximum Gasteiger partial charge on any atom is 0.319 e. The van der Waals surface area contributed by atoms with Crippen LogP contribution in [0.25, 0.3) is 0 Å². The first kappa shape index (κ1) is 19.5. The lowest BCUT2D eigenvalue weighted by atomic mass is 9.98. The van der Waals surface area contributed by atoms with Crippen molar-refractivity contribution in [2.45, 2.75) is 32.6 Å². The van der Waals surface area contributed by atoms with Crippen LogP contribution in [0.4, 0.5) is 15.6 Å². The van der Waals surface area contributed by atoms with Gasteiger partial charge >= 0.3 is 6.03 Å². The van der Waals surface area contributed by atoms with E-state index in [-0.39, 0.29) is 6.03 Å². The van der Waals surface area contributed by atoms with Gasteiger partial charge in [-0.25, -0.2) is 9.78 Å². The summed E-state index contributed by atoms with van der Waals surface area (Å²) in [6.45, 7) is 5.52. The Morgan fingerprint density at radius 3 is 2.96 bits per heavy atom. The average molecular weight is 389 g/mol. The fraction of sp³-hybridized carbons (Fsp3) is 0.500. The number of benzene rings is 1. The van der Waals surface area contributed by atoms with Crippen LogP contribution in [0.5, 0.6) is 5.75 Å². The van der Waals surface area contributed by atoms with Crippen LogP contribution in [0.15, 0.2) is 35.8 Å². The minimum atomic E-state index is -0.166. The van der Waals surface area contributed by atoms with Crippen molar-refractivity contribution in [3.05, 3.63) is 35.8 Å². The minimum absolute atomic E-state index is 0.166. The maximum atomic E-state index is 12.2. The van der Waals surface area contributed by atoms with Crippen LogP contribution in [-0.4, -0.2) is 37.3 Å². The average Bonchev–Trinajstić information content (AvgIpc) is 3.23. The zero-order chi connectivity index (χ0) is 18.9. The second-order valence-electron chi connectivity index (χ2n) is 6.83. The van der Waals surface area contributed by atoms with Gasteiger partial charge in [0.2, 0.25) is 0 Å². The molecule has 1 atom stereocenters. The number of rotatable bonds is 8. The van der Waals surface area contributed by atoms with E-state index >= 15 is 0 Å². The molecule has 1 aliphatic heterocycles. The van der Waals surface area contributed by atoms with E-state index in [1.165, 1.54) is 0 Å². The largest absolute Gasteiger partial charge is 0.494 e. The summed E-state index contributed by atoms with van der Waals surface area (Å²) in [6.07, 6.45) is 6.26. The molecule has 3 rings (SSSR count). The van der Waals surface area contributed by atoms with Gasteiger partial charge in [0.15, 0.2) is 5.13 Å². The van der Waals surface area contributed by atoms with E-state index in [0.717, 1.165) is 61.9 Å². The van der Waals surface area contributed by atoms with Crippen LogP contribution >= 0.6 is 11.3 Å². The summed E-state index contributed by atoms with van der Waals surface area (Å²) in [7, 11) is 0. The molecule has 0 spiro atoms. The molecule has 0 aliphatic carbocycles. The topological polar surface area (TPSA) is 66.5 Å². The van der Waals surface area contributed by atoms with Crippen LogP contribution in [0, 0.1) is 5.92 Å². The smallest absolute Gasteiger partial charge is 0.319 e. The zero-order valence-corrected chi connectivity index (χ0v) is 16.6. The zero-order valence-electron chi connectivity index (χ0n) is 15.8. The molecule has 2 heterocycles. The molecule has 0 bridgehead atoms. The highest BCUT2D eigenvalue weighted by Crippen LogP contribution is 2.24. The van der Waals surface area contributed by atoms with E-state index in [2.05, 4.69) is 27.4 Å². The van der Waals surface area contributed by atoms with E-state index in [9.17, 15) is 4.79 Å². The molecule has 1 aromatic heterocycles. The van der Waals surface area contributed by atoms with E-state index in [4.69, 9.17) is 4.74 Å². The lowest BCUT2D eigenvalue weighted by Gasteiger charge is -2.32. The molecule has 7 heteroatoms. The number of ether oxygens (including phenoxy) is 1. The number of nitrogens with one attached hydrogen (secondary N) is 2. The number of urea groups is 1. The Hall–Kier alpha value is -2.28. The lowest BCUT2D eigenvalue weighted by Crippen LogP contribution is -2.42. The van der Waals surface area contributed by atoms with Crippen LogP contribution in [0.1, 0.15) is 32.6 Å². The van der Waals surface area contributed by atoms with Crippen molar-refractivity contribution in [1.29, 1.82) is 0 Å². The van der Waals surface area contributed by atoms with Gasteiger partial charge in [-0.15, -0.1) is 11.3 Å². The lowest BCUT2D eigenvalue weighted by molar-refractivity contribution is 0.249. The fourth-order valence-electron chi connectivity index (χ4n) is 3.16. The maximum absolute atomic E-state index is 12.2. The standard InChI is InChI=1S/C20H28N4O2S/c1-2-3-12-26-18-8-6-17(7-9-18)23-19(25)22-14-16-5-4-11-24(15-16)20-21-10-13-27-20/h6-10,13,16H,2-5,11-12,14-15H2,1H3,(H2,22,23,25). The molecular weight excluding hydrogens is 360 g/mol. The second-order valence-corrected chi connectivity index (χ2v) is 7.70. The van der Waals surface area contributed by atoms with Crippen LogP contribution in [0.2, 0.25) is 0 Å². The highest BCUT2D eigenvalue weighted by molar-refractivity contribution is 7.13. The number of hydrogen-bond donors (Lipinski definition) is 2. The number of thiazole rings is 1. The minimum Gasteiger partial charge on any atom is -0.494 e. The number of anilines is 2. The normalized spacial score (nSPS) is 16.8. The molecule has 27 heavy (non-hydrogen) atoms. The third-order valence-electron chi connectivity index (χ3n) is 4.64. The predicted octanol–water partition coefficient (Wildman–Crippen LogP) is 4.36. The number of piperidine rings is 1. The van der Waals surface area contributed by atoms with Gasteiger partial charge < -0.3 is 20.3 Å². The van der Waals surface area contributed by atoms with Gasteiger partial charge in [0.05, 0.1) is 6.61 Å². The van der Waals surface area contributed by atoms with E-state index in [1.54, 1.807) is 11.3 Å². The van der Waals surface area contributed by atoms with Crippen molar-refractivity contribution in [3.63, 3.8) is 0 Å². The van der Waals surface area contributed by atoms with Gasteiger partial charge in [0.1, 0.15) is 5.75 Å². The molecule has 1 saturated heterocycles. The molecular formula is C20H28N4O2S. The molecule has 1 aromatic carbocycles. The molecule has 1 aliphatic rings. The number of carbonyl (C=O) groups excluding carboxylic acids is 1. The third-order valence-corrected chi connectivity index (χ3v) is 5.47. The summed E-state index contributed by atoms with van der Waals surface area (Å²) in [6, 6.07) is 7.34. The fourth-order valence-corrected chi connectivity index (χ4v) is 3.84. The van der Waals surface area contributed by atoms with E-state index < -0.39 is 0 Å². The van der Waals surface area contributed by atoms with Gasteiger partial charge in [0.25, 0.3) is 0 Å². The van der Waals surface area contributed by atoms with Crippen LogP contribution in [0.3, 0.4) is 0 Å². The molecule has 2 amide bonds. The molecule has 0 radical (unpaired) electrons. The number of aromatic nitrogens is 1. The van der Waals surface area contributed by atoms with Crippen molar-refractivity contribution in [1.82, 2.24) is 10.3 Å². The quantitative estimate of drug-likeness (QED) is 0.660. The van der Waals surface area contributed by atoms with Crippen molar-refractivity contribution < 1.29 is 9.53 Å². The number of hydrogen-bond acceptors (Lipinski definition) is 5. The van der Waals surface area contributed by atoms with Crippen LogP contribution < -0.4 is 20.3 Å². The molecule has 2 aromatic rings. The van der Waals surface area contributed by atoms with Crippen molar-refractivity contribution >= 4 is 28.2 Å². The Morgan fingerprint density at radius 1 is 1.37 bits per heavy atom. The van der Waals surface area contributed by atoms with Crippen molar-refractivity contribution in [3.8, 4) is 5.75 Å². The molecule has 1 unspecified atom stereocenters. The third kappa shape index (κ3) is 6.13. The van der Waals surface area contributed by atoms with E-state index in [0.29, 0.717) is 12.5 Å². The Labute approximate surface area is 164 Å². The summed E-state index contributed by atoms with van der Waals surface area (Å²) < 4.78 is 5.64. The molecule has 2 N–H and O–H groups in total. The highest BCUT2D eigenvalue weighted by Gasteiger charge is 2.21. The first-order valence-electron chi connectivity index (χ1n) is 9.66. The van der Waals surface area contributed by atoms with Gasteiger partial charge in [0, 0.05) is 36.9 Å². The van der Waals surface area contributed by atoms with Gasteiger partial charge in [-0.3, -0.25) is 0 Å². The highest BCUT2D eigenvalue weighted by atomic mass is 32.1. The molecule has 6 nitrogen and oxygen atoms in total. The molecule has 0 saturated carbocycles. The second kappa shape index (κ2) is 10.2. The number of unbranched alkanes of at least 4 members (excludes halogenated alkanes) is 1. The monoisotopic (exact) mass is 388 g/mol. The first-order valence-corrected chi connectivity index (χ1v) is 10.5. The Bertz CT molecular complexity index is 691. The summed E-state index contributed by atoms with van der Waals surface area (Å²) in [5.41, 5.74) is 0.767. The number of nitrogens with zero attached hydrogens (tertiary/aromatic N) is 2. The summed E-state index contributed by atoms with van der Waals surface area (Å²) >= 11 is 1.67. The Kier molecular flexibility index (Phi) is 7.33. The Morgan fingerprint density at radius 2 is 2.22 bits per heavy atom. The molecule has 146 valence electrons. The summed E-state index contributed by atoms with van der Waals surface area (Å²) in [5, 5.41) is 8.96. The van der Waals surface area contributed by atoms with Gasteiger partial charge in [-0.2, -0.15) is 0 Å². The first-order chi connectivity index (χ1) is 13.2. The van der Waals surface area contributed by atoms with E-state index in [1.807, 2.05) is 35.8 Å². The SMILES string of the molecule is CCCCOc1ccc(NC(=O)NCC2CCCN(c3nccs3)C2)cc1. The van der Waals surface area contributed by atoms with Gasteiger partial charge in [-0.05, 0) is 49.4 Å². The predicted molar refractivity (Wildman–Crippen MR) is 111 cm³/mol. The van der Waals surface area contributed by atoms with Crippen molar-refractivity contribution in [2.75, 3.05) is 36.5 Å². The number of amides is 2. The Balaban J connectivity index is 1.40. The summed E-state index contributed by atoms with van der Waals surface area (Å²) in [4.78, 5) is 18.9. The van der Waals surface area contributed by atoms with Crippen LogP contribution in [-0.2, 0) is 0 Å². The summed E-state index contributed by atoms with van der Waals surface area (Å²) in [5.74, 6) is 1.28.